The number of allylic oxidation sites excluding steroid dienone is 2. The van der Waals surface area contributed by atoms with Gasteiger partial charge < -0.3 is 19.3 Å². The van der Waals surface area contributed by atoms with Gasteiger partial charge in [0.1, 0.15) is 22.4 Å². The molecular formula is C25H22F2N6O2S. The lowest BCUT2D eigenvalue weighted by Gasteiger charge is -2.28. The Kier molecular flexibility index (Phi) is 6.88. The monoisotopic (exact) mass is 508 g/mol. The molecule has 11 heteroatoms. The summed E-state index contributed by atoms with van der Waals surface area (Å²) in [6, 6.07) is 18.3. The first kappa shape index (κ1) is 23.8. The minimum Gasteiger partial charge on any atom is -0.435 e. The molecule has 5 rings (SSSR count). The zero-order chi connectivity index (χ0) is 25.1. The fraction of sp³-hybridized carbons (Fsp3) is 0.240. The standard InChI is InChI=1S/C25H22F2N6O2S/c1-17-16-36-23(32(17)19-7-9-20(10-8-19)35-24(26)27)21(15-28)22-29-30-25(31-11-13-34-14-12-31)33(22)18-5-3-2-4-6-18/h2-10,16,24H,11-14H2,1H3/b23-21-. The summed E-state index contributed by atoms with van der Waals surface area (Å²) >= 11 is 1.40. The second-order valence-corrected chi connectivity index (χ2v) is 8.83. The summed E-state index contributed by atoms with van der Waals surface area (Å²) in [5.41, 5.74) is 2.76. The molecule has 0 amide bonds. The average molecular weight is 509 g/mol. The van der Waals surface area contributed by atoms with Gasteiger partial charge in [-0.3, -0.25) is 4.57 Å². The average Bonchev–Trinajstić information content (AvgIpc) is 3.50. The fourth-order valence-corrected chi connectivity index (χ4v) is 5.09. The SMILES string of the molecule is CC1=CS/C(=C(/C#N)c2nnc(N3CCOCC3)n2-c2ccccc2)N1c1ccc(OC(F)F)cc1. The minimum absolute atomic E-state index is 0.0623. The number of anilines is 2. The highest BCUT2D eigenvalue weighted by atomic mass is 32.2. The van der Waals surface area contributed by atoms with Gasteiger partial charge >= 0.3 is 6.61 Å². The Morgan fingerprint density at radius 3 is 2.44 bits per heavy atom. The van der Waals surface area contributed by atoms with Crippen LogP contribution in [-0.2, 0) is 4.74 Å². The Hall–Kier alpha value is -3.88. The van der Waals surface area contributed by atoms with E-state index < -0.39 is 6.61 Å². The number of thioether (sulfide) groups is 1. The van der Waals surface area contributed by atoms with E-state index in [1.807, 2.05) is 52.1 Å². The van der Waals surface area contributed by atoms with E-state index in [-0.39, 0.29) is 5.75 Å². The van der Waals surface area contributed by atoms with Gasteiger partial charge in [0.2, 0.25) is 5.95 Å². The van der Waals surface area contributed by atoms with Gasteiger partial charge in [0, 0.05) is 24.5 Å². The number of para-hydroxylation sites is 1. The van der Waals surface area contributed by atoms with Gasteiger partial charge in [0.05, 0.1) is 18.9 Å². The Morgan fingerprint density at radius 1 is 1.06 bits per heavy atom. The molecule has 0 saturated carbocycles. The number of benzene rings is 2. The number of hydrogen-bond donors (Lipinski definition) is 0. The summed E-state index contributed by atoms with van der Waals surface area (Å²) in [5, 5.41) is 21.9. The molecule has 36 heavy (non-hydrogen) atoms. The number of alkyl halides is 2. The van der Waals surface area contributed by atoms with E-state index in [1.165, 1.54) is 23.9 Å². The molecule has 1 fully saturated rings. The molecule has 1 saturated heterocycles. The molecule has 0 radical (unpaired) electrons. The van der Waals surface area contributed by atoms with Crippen LogP contribution in [0, 0.1) is 11.3 Å². The van der Waals surface area contributed by atoms with Crippen molar-refractivity contribution in [1.29, 1.82) is 5.26 Å². The zero-order valence-corrected chi connectivity index (χ0v) is 20.2. The van der Waals surface area contributed by atoms with Crippen LogP contribution >= 0.6 is 11.8 Å². The van der Waals surface area contributed by atoms with Crippen LogP contribution in [0.15, 0.2) is 70.7 Å². The van der Waals surface area contributed by atoms with E-state index in [2.05, 4.69) is 25.9 Å². The lowest BCUT2D eigenvalue weighted by atomic mass is 10.2. The van der Waals surface area contributed by atoms with E-state index in [9.17, 15) is 14.0 Å². The van der Waals surface area contributed by atoms with Gasteiger partial charge in [-0.1, -0.05) is 30.0 Å². The summed E-state index contributed by atoms with van der Waals surface area (Å²) < 4.78 is 37.0. The Bertz CT molecular complexity index is 1330. The topological polar surface area (TPSA) is 79.4 Å². The van der Waals surface area contributed by atoms with Crippen molar-refractivity contribution < 1.29 is 18.3 Å². The highest BCUT2D eigenvalue weighted by Crippen LogP contribution is 2.43. The number of halogens is 2. The van der Waals surface area contributed by atoms with E-state index in [4.69, 9.17) is 4.74 Å². The lowest BCUT2D eigenvalue weighted by molar-refractivity contribution is -0.0498. The second-order valence-electron chi connectivity index (χ2n) is 7.97. The van der Waals surface area contributed by atoms with Crippen LogP contribution in [0.1, 0.15) is 12.7 Å². The van der Waals surface area contributed by atoms with Crippen molar-refractivity contribution in [2.45, 2.75) is 13.5 Å². The van der Waals surface area contributed by atoms with E-state index in [1.54, 1.807) is 12.1 Å². The molecule has 0 aliphatic carbocycles. The first-order valence-electron chi connectivity index (χ1n) is 11.2. The van der Waals surface area contributed by atoms with Crippen molar-refractivity contribution in [3.63, 3.8) is 0 Å². The number of hydrogen-bond acceptors (Lipinski definition) is 8. The van der Waals surface area contributed by atoms with Gasteiger partial charge in [-0.25, -0.2) is 0 Å². The normalized spacial score (nSPS) is 17.2. The van der Waals surface area contributed by atoms with Crippen molar-refractivity contribution in [1.82, 2.24) is 14.8 Å². The van der Waals surface area contributed by atoms with Crippen LogP contribution in [0.25, 0.3) is 11.3 Å². The van der Waals surface area contributed by atoms with Crippen LogP contribution < -0.4 is 14.5 Å². The van der Waals surface area contributed by atoms with Gasteiger partial charge in [0.25, 0.3) is 0 Å². The third-order valence-electron chi connectivity index (χ3n) is 5.72. The molecule has 2 aliphatic rings. The molecule has 2 aromatic carbocycles. The third-order valence-corrected chi connectivity index (χ3v) is 6.79. The third kappa shape index (κ3) is 4.65. The van der Waals surface area contributed by atoms with E-state index in [0.29, 0.717) is 54.4 Å². The minimum atomic E-state index is -2.90. The number of morpholine rings is 1. The molecular weight excluding hydrogens is 486 g/mol. The van der Waals surface area contributed by atoms with Crippen LogP contribution in [0.2, 0.25) is 0 Å². The number of aromatic nitrogens is 3. The van der Waals surface area contributed by atoms with Gasteiger partial charge in [-0.2, -0.15) is 14.0 Å². The molecule has 0 bridgehead atoms. The zero-order valence-electron chi connectivity index (χ0n) is 19.3. The first-order valence-corrected chi connectivity index (χ1v) is 12.1. The van der Waals surface area contributed by atoms with Crippen molar-refractivity contribution in [2.75, 3.05) is 36.1 Å². The smallest absolute Gasteiger partial charge is 0.387 e. The quantitative estimate of drug-likeness (QED) is 0.430. The summed E-state index contributed by atoms with van der Waals surface area (Å²) in [5.74, 6) is 1.12. The number of nitrogens with zero attached hydrogens (tertiary/aromatic N) is 6. The maximum Gasteiger partial charge on any atom is 0.387 e. The highest BCUT2D eigenvalue weighted by Gasteiger charge is 2.30. The predicted octanol–water partition coefficient (Wildman–Crippen LogP) is 5.01. The Labute approximate surface area is 211 Å². The van der Waals surface area contributed by atoms with Gasteiger partial charge in [0.15, 0.2) is 5.82 Å². The van der Waals surface area contributed by atoms with E-state index >= 15 is 0 Å². The molecule has 0 spiro atoms. The van der Waals surface area contributed by atoms with Crippen molar-refractivity contribution in [3.05, 3.63) is 76.6 Å². The Morgan fingerprint density at radius 2 is 1.78 bits per heavy atom. The maximum atomic E-state index is 12.6. The van der Waals surface area contributed by atoms with Gasteiger partial charge in [-0.05, 0) is 48.7 Å². The summed E-state index contributed by atoms with van der Waals surface area (Å²) in [7, 11) is 0. The summed E-state index contributed by atoms with van der Waals surface area (Å²) in [4.78, 5) is 3.99. The number of ether oxygens (including phenoxy) is 2. The largest absolute Gasteiger partial charge is 0.435 e. The van der Waals surface area contributed by atoms with Gasteiger partial charge in [-0.15, -0.1) is 10.2 Å². The van der Waals surface area contributed by atoms with Crippen molar-refractivity contribution in [2.24, 2.45) is 0 Å². The number of rotatable bonds is 6. The maximum absolute atomic E-state index is 12.6. The molecule has 3 aromatic rings. The molecule has 8 nitrogen and oxygen atoms in total. The molecule has 2 aliphatic heterocycles. The van der Waals surface area contributed by atoms with Crippen LogP contribution in [0.5, 0.6) is 5.75 Å². The number of nitriles is 1. The second kappa shape index (κ2) is 10.4. The van der Waals surface area contributed by atoms with Crippen molar-refractivity contribution in [3.8, 4) is 17.5 Å². The Balaban J connectivity index is 1.61. The van der Waals surface area contributed by atoms with Crippen LogP contribution in [-0.4, -0.2) is 47.7 Å². The fourth-order valence-electron chi connectivity index (χ4n) is 4.09. The molecule has 0 N–H and O–H groups in total. The van der Waals surface area contributed by atoms with E-state index in [0.717, 1.165) is 11.4 Å². The lowest BCUT2D eigenvalue weighted by Crippen LogP contribution is -2.38. The molecule has 3 heterocycles. The predicted molar refractivity (Wildman–Crippen MR) is 134 cm³/mol. The summed E-state index contributed by atoms with van der Waals surface area (Å²) in [6.45, 7) is 1.52. The van der Waals surface area contributed by atoms with Crippen molar-refractivity contribution >= 4 is 29.0 Å². The van der Waals surface area contributed by atoms with Crippen LogP contribution in [0.3, 0.4) is 0 Å². The molecule has 0 atom stereocenters. The van der Waals surface area contributed by atoms with Crippen LogP contribution in [0.4, 0.5) is 20.4 Å². The molecule has 1 aromatic heterocycles. The highest BCUT2D eigenvalue weighted by molar-refractivity contribution is 8.06. The molecule has 0 unspecified atom stereocenters. The summed E-state index contributed by atoms with van der Waals surface area (Å²) in [6.07, 6.45) is 0. The molecule has 184 valence electrons. The first-order chi connectivity index (χ1) is 17.6.